The van der Waals surface area contributed by atoms with E-state index in [-0.39, 0.29) is 17.2 Å². The van der Waals surface area contributed by atoms with Crippen LogP contribution < -0.4 is 0 Å². The van der Waals surface area contributed by atoms with Crippen LogP contribution in [0.2, 0.25) is 5.02 Å². The van der Waals surface area contributed by atoms with E-state index in [2.05, 4.69) is 4.98 Å². The number of aromatic hydroxyl groups is 1. The number of aryl methyl sites for hydroxylation is 2. The zero-order chi connectivity index (χ0) is 19.0. The molecule has 1 unspecified atom stereocenters. The lowest BCUT2D eigenvalue weighted by atomic mass is 9.93. The van der Waals surface area contributed by atoms with Gasteiger partial charge >= 0.3 is 5.97 Å². The lowest BCUT2D eigenvalue weighted by Crippen LogP contribution is -2.08. The smallest absolute Gasteiger partial charge is 0.340 e. The molecule has 0 radical (unpaired) electrons. The van der Waals surface area contributed by atoms with Crippen LogP contribution in [0.15, 0.2) is 36.4 Å². The zero-order valence-corrected chi connectivity index (χ0v) is 15.6. The molecule has 0 saturated heterocycles. The molecule has 5 heteroatoms. The predicted octanol–water partition coefficient (Wildman–Crippen LogP) is 5.26. The minimum atomic E-state index is -1.15. The van der Waals surface area contributed by atoms with E-state index in [1.165, 1.54) is 0 Å². The monoisotopic (exact) mass is 369 g/mol. The van der Waals surface area contributed by atoms with Gasteiger partial charge in [-0.2, -0.15) is 0 Å². The van der Waals surface area contributed by atoms with Crippen LogP contribution in [0.5, 0.6) is 5.75 Å². The van der Waals surface area contributed by atoms with Crippen LogP contribution in [-0.2, 0) is 6.42 Å². The molecule has 4 nitrogen and oxygen atoms in total. The van der Waals surface area contributed by atoms with Gasteiger partial charge in [0.15, 0.2) is 5.75 Å². The number of aromatic nitrogens is 1. The van der Waals surface area contributed by atoms with Crippen molar-refractivity contribution in [1.82, 2.24) is 4.98 Å². The van der Waals surface area contributed by atoms with Crippen LogP contribution in [0.25, 0.3) is 10.9 Å². The molecule has 3 rings (SSSR count). The Morgan fingerprint density at radius 3 is 2.42 bits per heavy atom. The summed E-state index contributed by atoms with van der Waals surface area (Å²) >= 11 is 5.93. The van der Waals surface area contributed by atoms with Gasteiger partial charge in [-0.05, 0) is 49.1 Å². The predicted molar refractivity (Wildman–Crippen MR) is 103 cm³/mol. The number of hydrogen-bond acceptors (Lipinski definition) is 3. The first kappa shape index (κ1) is 18.2. The number of benzene rings is 2. The normalized spacial score (nSPS) is 12.3. The van der Waals surface area contributed by atoms with Crippen LogP contribution in [0.4, 0.5) is 0 Å². The fourth-order valence-electron chi connectivity index (χ4n) is 3.21. The Hall–Kier alpha value is -2.59. The number of carbonyl (C=O) groups is 1. The second-order valence-electron chi connectivity index (χ2n) is 6.66. The fourth-order valence-corrected chi connectivity index (χ4v) is 3.33. The standard InChI is InChI=1S/C21H20ClNO3/c1-11-4-9-16-17(21(25)26)20(24)18(23-19(16)13(11)3)12(2)10-14-5-7-15(22)8-6-14/h4-9,12,24H,10H2,1-3H3,(H,25,26). The summed E-state index contributed by atoms with van der Waals surface area (Å²) in [6.45, 7) is 5.81. The number of carboxylic acids is 1. The Morgan fingerprint density at radius 1 is 1.15 bits per heavy atom. The summed E-state index contributed by atoms with van der Waals surface area (Å²) < 4.78 is 0. The number of carboxylic acid groups (broad SMARTS) is 1. The molecule has 0 spiro atoms. The molecule has 2 N–H and O–H groups in total. The number of nitrogens with zero attached hydrogens (tertiary/aromatic N) is 1. The Kier molecular flexibility index (Phi) is 4.88. The molecule has 0 fully saturated rings. The van der Waals surface area contributed by atoms with E-state index < -0.39 is 5.97 Å². The first-order valence-electron chi connectivity index (χ1n) is 8.40. The minimum Gasteiger partial charge on any atom is -0.505 e. The van der Waals surface area contributed by atoms with Gasteiger partial charge in [-0.3, -0.25) is 0 Å². The van der Waals surface area contributed by atoms with Gasteiger partial charge in [-0.15, -0.1) is 0 Å². The van der Waals surface area contributed by atoms with Crippen LogP contribution >= 0.6 is 11.6 Å². The molecule has 0 amide bonds. The van der Waals surface area contributed by atoms with Gasteiger partial charge in [0.1, 0.15) is 5.56 Å². The third kappa shape index (κ3) is 3.25. The Balaban J connectivity index is 2.15. The summed E-state index contributed by atoms with van der Waals surface area (Å²) in [5.74, 6) is -1.56. The molecule has 2 aromatic carbocycles. The van der Waals surface area contributed by atoms with Crippen molar-refractivity contribution in [3.05, 3.63) is 69.4 Å². The molecule has 0 aliphatic carbocycles. The molecule has 134 valence electrons. The average molecular weight is 370 g/mol. The van der Waals surface area contributed by atoms with Crippen LogP contribution in [-0.4, -0.2) is 21.2 Å². The van der Waals surface area contributed by atoms with Crippen molar-refractivity contribution in [2.45, 2.75) is 33.1 Å². The van der Waals surface area contributed by atoms with E-state index in [4.69, 9.17) is 11.6 Å². The number of halogens is 1. The van der Waals surface area contributed by atoms with Gasteiger partial charge in [0.25, 0.3) is 0 Å². The number of hydrogen-bond donors (Lipinski definition) is 2. The van der Waals surface area contributed by atoms with Gasteiger partial charge in [0.05, 0.1) is 11.2 Å². The fraction of sp³-hybridized carbons (Fsp3) is 0.238. The molecule has 0 aliphatic rings. The summed E-state index contributed by atoms with van der Waals surface area (Å²) in [7, 11) is 0. The third-order valence-electron chi connectivity index (χ3n) is 4.82. The van der Waals surface area contributed by atoms with Gasteiger partial charge in [0.2, 0.25) is 0 Å². The maximum Gasteiger partial charge on any atom is 0.340 e. The molecule has 1 atom stereocenters. The Morgan fingerprint density at radius 2 is 1.81 bits per heavy atom. The Labute approximate surface area is 157 Å². The number of fused-ring (bicyclic) bond motifs is 1. The second-order valence-corrected chi connectivity index (χ2v) is 7.10. The van der Waals surface area contributed by atoms with Crippen LogP contribution in [0.3, 0.4) is 0 Å². The van der Waals surface area contributed by atoms with Crippen molar-refractivity contribution < 1.29 is 15.0 Å². The van der Waals surface area contributed by atoms with Crippen molar-refractivity contribution in [2.75, 3.05) is 0 Å². The molecule has 1 heterocycles. The summed E-state index contributed by atoms with van der Waals surface area (Å²) in [4.78, 5) is 16.5. The average Bonchev–Trinajstić information content (AvgIpc) is 2.59. The van der Waals surface area contributed by atoms with Crippen molar-refractivity contribution >= 4 is 28.5 Å². The molecular formula is C21H20ClNO3. The lowest BCUT2D eigenvalue weighted by Gasteiger charge is -2.17. The highest BCUT2D eigenvalue weighted by Crippen LogP contribution is 2.36. The number of rotatable bonds is 4. The maximum atomic E-state index is 11.8. The SMILES string of the molecule is Cc1ccc2c(C(=O)O)c(O)c(C(C)Cc3ccc(Cl)cc3)nc2c1C. The highest BCUT2D eigenvalue weighted by atomic mass is 35.5. The summed E-state index contributed by atoms with van der Waals surface area (Å²) in [6, 6.07) is 11.0. The first-order valence-corrected chi connectivity index (χ1v) is 8.78. The van der Waals surface area contributed by atoms with Crippen LogP contribution in [0, 0.1) is 13.8 Å². The summed E-state index contributed by atoms with van der Waals surface area (Å²) in [6.07, 6.45) is 0.618. The summed E-state index contributed by atoms with van der Waals surface area (Å²) in [5, 5.41) is 21.4. The van der Waals surface area contributed by atoms with E-state index in [9.17, 15) is 15.0 Å². The van der Waals surface area contributed by atoms with Crippen molar-refractivity contribution in [3.8, 4) is 5.75 Å². The van der Waals surface area contributed by atoms with E-state index in [0.717, 1.165) is 16.7 Å². The molecule has 0 aliphatic heterocycles. The number of aromatic carboxylic acids is 1. The maximum absolute atomic E-state index is 11.8. The molecule has 26 heavy (non-hydrogen) atoms. The Bertz CT molecular complexity index is 997. The van der Waals surface area contributed by atoms with E-state index in [1.807, 2.05) is 51.1 Å². The summed E-state index contributed by atoms with van der Waals surface area (Å²) in [5.41, 5.74) is 3.93. The quantitative estimate of drug-likeness (QED) is 0.658. The van der Waals surface area contributed by atoms with Crippen molar-refractivity contribution in [2.24, 2.45) is 0 Å². The zero-order valence-electron chi connectivity index (χ0n) is 14.9. The third-order valence-corrected chi connectivity index (χ3v) is 5.07. The highest BCUT2D eigenvalue weighted by molar-refractivity contribution is 6.30. The molecular weight excluding hydrogens is 350 g/mol. The highest BCUT2D eigenvalue weighted by Gasteiger charge is 2.24. The van der Waals surface area contributed by atoms with Gasteiger partial charge in [-0.25, -0.2) is 9.78 Å². The topological polar surface area (TPSA) is 70.4 Å². The number of pyridine rings is 1. The van der Waals surface area contributed by atoms with E-state index in [0.29, 0.717) is 28.0 Å². The first-order chi connectivity index (χ1) is 12.3. The van der Waals surface area contributed by atoms with Gasteiger partial charge in [-0.1, -0.05) is 42.8 Å². The van der Waals surface area contributed by atoms with Crippen LogP contribution in [0.1, 0.15) is 45.6 Å². The molecule has 1 aromatic heterocycles. The minimum absolute atomic E-state index is 0.0870. The van der Waals surface area contributed by atoms with Gasteiger partial charge in [0, 0.05) is 16.3 Å². The molecule has 0 bridgehead atoms. The molecule has 3 aromatic rings. The molecule has 0 saturated carbocycles. The van der Waals surface area contributed by atoms with Gasteiger partial charge < -0.3 is 10.2 Å². The second kappa shape index (κ2) is 6.96. The lowest BCUT2D eigenvalue weighted by molar-refractivity contribution is 0.0695. The largest absolute Gasteiger partial charge is 0.505 e. The van der Waals surface area contributed by atoms with Crippen molar-refractivity contribution in [1.29, 1.82) is 0 Å². The van der Waals surface area contributed by atoms with E-state index >= 15 is 0 Å². The van der Waals surface area contributed by atoms with Crippen molar-refractivity contribution in [3.63, 3.8) is 0 Å². The van der Waals surface area contributed by atoms with E-state index in [1.54, 1.807) is 6.07 Å².